The predicted octanol–water partition coefficient (Wildman–Crippen LogP) is 3.48. The zero-order chi connectivity index (χ0) is 15.8. The van der Waals surface area contributed by atoms with E-state index in [1.165, 1.54) is 0 Å². The molecule has 2 aromatic carbocycles. The van der Waals surface area contributed by atoms with Crippen LogP contribution in [0.5, 0.6) is 0 Å². The van der Waals surface area contributed by atoms with Crippen LogP contribution in [-0.4, -0.2) is 22.2 Å². The van der Waals surface area contributed by atoms with Crippen molar-refractivity contribution in [2.45, 2.75) is 32.5 Å². The molecular weight excluding hydrogens is 278 g/mol. The van der Waals surface area contributed by atoms with E-state index in [0.29, 0.717) is 13.1 Å². The highest BCUT2D eigenvalue weighted by Gasteiger charge is 2.15. The van der Waals surface area contributed by atoms with Gasteiger partial charge < -0.3 is 5.11 Å². The maximum atomic E-state index is 10.8. The first-order valence-corrected chi connectivity index (χ1v) is 7.35. The fourth-order valence-electron chi connectivity index (χ4n) is 2.24. The van der Waals surface area contributed by atoms with Crippen LogP contribution in [-0.2, 0) is 22.7 Å². The SMILES string of the molecule is CC(CC(=O)O)ON(Cc1ccccc1)Cc1ccccc1. The van der Waals surface area contributed by atoms with Gasteiger partial charge in [0, 0.05) is 13.1 Å². The predicted molar refractivity (Wildman–Crippen MR) is 84.9 cm³/mol. The number of hydrogen-bond donors (Lipinski definition) is 1. The van der Waals surface area contributed by atoms with Crippen molar-refractivity contribution < 1.29 is 14.7 Å². The Morgan fingerprint density at radius 1 is 1.00 bits per heavy atom. The van der Waals surface area contributed by atoms with Crippen LogP contribution in [0.3, 0.4) is 0 Å². The maximum Gasteiger partial charge on any atom is 0.306 e. The number of hydroxylamine groups is 2. The molecule has 0 aliphatic rings. The molecule has 0 radical (unpaired) electrons. The lowest BCUT2D eigenvalue weighted by molar-refractivity contribution is -0.209. The van der Waals surface area contributed by atoms with Gasteiger partial charge in [-0.15, -0.1) is 0 Å². The largest absolute Gasteiger partial charge is 0.481 e. The summed E-state index contributed by atoms with van der Waals surface area (Å²) in [6.07, 6.45) is -0.384. The Hall–Kier alpha value is -2.17. The molecule has 0 heterocycles. The van der Waals surface area contributed by atoms with Crippen LogP contribution < -0.4 is 0 Å². The fourth-order valence-corrected chi connectivity index (χ4v) is 2.24. The maximum absolute atomic E-state index is 10.8. The quantitative estimate of drug-likeness (QED) is 0.758. The molecule has 22 heavy (non-hydrogen) atoms. The van der Waals surface area contributed by atoms with Crippen LogP contribution in [0.2, 0.25) is 0 Å². The molecule has 0 aromatic heterocycles. The van der Waals surface area contributed by atoms with Gasteiger partial charge in [0.15, 0.2) is 0 Å². The zero-order valence-corrected chi connectivity index (χ0v) is 12.7. The molecule has 2 aromatic rings. The van der Waals surface area contributed by atoms with Gasteiger partial charge in [-0.2, -0.15) is 5.06 Å². The van der Waals surface area contributed by atoms with Crippen LogP contribution in [0.4, 0.5) is 0 Å². The summed E-state index contributed by atoms with van der Waals surface area (Å²) in [6, 6.07) is 20.0. The van der Waals surface area contributed by atoms with E-state index < -0.39 is 5.97 Å². The monoisotopic (exact) mass is 299 g/mol. The molecule has 0 saturated carbocycles. The lowest BCUT2D eigenvalue weighted by Crippen LogP contribution is -2.29. The van der Waals surface area contributed by atoms with Crippen LogP contribution in [0.15, 0.2) is 60.7 Å². The summed E-state index contributed by atoms with van der Waals surface area (Å²) in [5.74, 6) is -0.855. The molecule has 0 aliphatic heterocycles. The van der Waals surface area contributed by atoms with Gasteiger partial charge in [0.25, 0.3) is 0 Å². The lowest BCUT2D eigenvalue weighted by Gasteiger charge is -2.25. The van der Waals surface area contributed by atoms with Gasteiger partial charge in [0.1, 0.15) is 0 Å². The molecule has 4 nitrogen and oxygen atoms in total. The molecule has 0 fully saturated rings. The molecule has 0 aliphatic carbocycles. The Kier molecular flexibility index (Phi) is 6.13. The Morgan fingerprint density at radius 3 is 1.86 bits per heavy atom. The average molecular weight is 299 g/mol. The Bertz CT molecular complexity index is 530. The molecule has 116 valence electrons. The standard InChI is InChI=1S/C18H21NO3/c1-15(12-18(20)21)22-19(13-16-8-4-2-5-9-16)14-17-10-6-3-7-11-17/h2-11,15H,12-14H2,1H3,(H,20,21). The summed E-state index contributed by atoms with van der Waals surface area (Å²) in [5, 5.41) is 10.7. The molecule has 0 spiro atoms. The van der Waals surface area contributed by atoms with Gasteiger partial charge in [-0.3, -0.25) is 9.63 Å². The molecular formula is C18H21NO3. The van der Waals surface area contributed by atoms with E-state index >= 15 is 0 Å². The van der Waals surface area contributed by atoms with E-state index in [4.69, 9.17) is 9.94 Å². The van der Waals surface area contributed by atoms with E-state index in [9.17, 15) is 4.79 Å². The van der Waals surface area contributed by atoms with Crippen molar-refractivity contribution in [1.29, 1.82) is 0 Å². The molecule has 1 unspecified atom stereocenters. The minimum Gasteiger partial charge on any atom is -0.481 e. The molecule has 1 N–H and O–H groups in total. The number of rotatable bonds is 8. The van der Waals surface area contributed by atoms with Gasteiger partial charge in [0.05, 0.1) is 12.5 Å². The number of carboxylic acid groups (broad SMARTS) is 1. The van der Waals surface area contributed by atoms with Crippen LogP contribution in [0, 0.1) is 0 Å². The summed E-state index contributed by atoms with van der Waals surface area (Å²) in [7, 11) is 0. The number of carboxylic acids is 1. The Labute approximate surface area is 130 Å². The van der Waals surface area contributed by atoms with Crippen molar-refractivity contribution in [2.24, 2.45) is 0 Å². The normalized spacial score (nSPS) is 12.3. The topological polar surface area (TPSA) is 49.8 Å². The second-order valence-electron chi connectivity index (χ2n) is 5.28. The summed E-state index contributed by atoms with van der Waals surface area (Å²) in [5.41, 5.74) is 2.25. The lowest BCUT2D eigenvalue weighted by atomic mass is 10.2. The van der Waals surface area contributed by atoms with Gasteiger partial charge in [0.2, 0.25) is 0 Å². The smallest absolute Gasteiger partial charge is 0.306 e. The fraction of sp³-hybridized carbons (Fsp3) is 0.278. The summed E-state index contributed by atoms with van der Waals surface area (Å²) in [4.78, 5) is 16.6. The zero-order valence-electron chi connectivity index (χ0n) is 12.7. The van der Waals surface area contributed by atoms with E-state index in [1.807, 2.05) is 65.7 Å². The van der Waals surface area contributed by atoms with Crippen molar-refractivity contribution in [3.63, 3.8) is 0 Å². The van der Waals surface area contributed by atoms with Crippen molar-refractivity contribution in [3.05, 3.63) is 71.8 Å². The number of benzene rings is 2. The van der Waals surface area contributed by atoms with Gasteiger partial charge >= 0.3 is 5.97 Å². The Morgan fingerprint density at radius 2 is 1.45 bits per heavy atom. The van der Waals surface area contributed by atoms with E-state index in [1.54, 1.807) is 6.92 Å². The summed E-state index contributed by atoms with van der Waals surface area (Å²) in [6.45, 7) is 3.00. The van der Waals surface area contributed by atoms with Crippen LogP contribution in [0.1, 0.15) is 24.5 Å². The highest BCUT2D eigenvalue weighted by Crippen LogP contribution is 2.13. The second kappa shape index (κ2) is 8.32. The first-order valence-electron chi connectivity index (χ1n) is 7.35. The third-order valence-corrected chi connectivity index (χ3v) is 3.19. The van der Waals surface area contributed by atoms with Crippen molar-refractivity contribution >= 4 is 5.97 Å². The molecule has 0 saturated heterocycles. The van der Waals surface area contributed by atoms with Crippen molar-refractivity contribution in [2.75, 3.05) is 0 Å². The first kappa shape index (κ1) is 16.2. The van der Waals surface area contributed by atoms with Gasteiger partial charge in [-0.05, 0) is 18.1 Å². The van der Waals surface area contributed by atoms with E-state index in [-0.39, 0.29) is 12.5 Å². The number of aliphatic carboxylic acids is 1. The molecule has 0 amide bonds. The van der Waals surface area contributed by atoms with Gasteiger partial charge in [-0.25, -0.2) is 0 Å². The van der Waals surface area contributed by atoms with Gasteiger partial charge in [-0.1, -0.05) is 60.7 Å². The molecule has 1 atom stereocenters. The van der Waals surface area contributed by atoms with E-state index in [0.717, 1.165) is 11.1 Å². The molecule has 0 bridgehead atoms. The third-order valence-electron chi connectivity index (χ3n) is 3.19. The molecule has 2 rings (SSSR count). The highest BCUT2D eigenvalue weighted by atomic mass is 16.7. The second-order valence-corrected chi connectivity index (χ2v) is 5.28. The highest BCUT2D eigenvalue weighted by molar-refractivity contribution is 5.67. The summed E-state index contributed by atoms with van der Waals surface area (Å²) >= 11 is 0. The number of carbonyl (C=O) groups is 1. The summed E-state index contributed by atoms with van der Waals surface area (Å²) < 4.78 is 0. The van der Waals surface area contributed by atoms with Crippen molar-refractivity contribution in [3.8, 4) is 0 Å². The van der Waals surface area contributed by atoms with Crippen LogP contribution >= 0.6 is 0 Å². The first-order chi connectivity index (χ1) is 10.6. The third kappa shape index (κ3) is 5.68. The van der Waals surface area contributed by atoms with Crippen LogP contribution in [0.25, 0.3) is 0 Å². The van der Waals surface area contributed by atoms with Crippen molar-refractivity contribution in [1.82, 2.24) is 5.06 Å². The minimum absolute atomic E-state index is 0.0138. The minimum atomic E-state index is -0.855. The Balaban J connectivity index is 2.04. The average Bonchev–Trinajstić information content (AvgIpc) is 2.48. The molecule has 4 heteroatoms. The number of nitrogens with zero attached hydrogens (tertiary/aromatic N) is 1. The number of hydrogen-bond acceptors (Lipinski definition) is 3. The van der Waals surface area contributed by atoms with E-state index in [2.05, 4.69) is 0 Å².